The zero-order valence-electron chi connectivity index (χ0n) is 9.60. The molecule has 0 aliphatic carbocycles. The number of ether oxygens (including phenoxy) is 1. The fraction of sp³-hybridized carbons (Fsp3) is 0.500. The van der Waals surface area contributed by atoms with Crippen LogP contribution in [0.2, 0.25) is 0 Å². The van der Waals surface area contributed by atoms with Crippen LogP contribution in [-0.4, -0.2) is 41.7 Å². The van der Waals surface area contributed by atoms with Gasteiger partial charge < -0.3 is 19.6 Å². The summed E-state index contributed by atoms with van der Waals surface area (Å²) in [5.74, 6) is -1.69. The van der Waals surface area contributed by atoms with Crippen molar-refractivity contribution in [2.24, 2.45) is 0 Å². The molecular weight excluding hydrogens is 228 g/mol. The first kappa shape index (κ1) is 13.2. The van der Waals surface area contributed by atoms with Gasteiger partial charge in [0.05, 0.1) is 5.69 Å². The lowest BCUT2D eigenvalue weighted by atomic mass is 10.2. The molecule has 1 aromatic rings. The van der Waals surface area contributed by atoms with Gasteiger partial charge in [0.1, 0.15) is 6.04 Å². The number of carboxylic acids is 1. The Bertz CT molecular complexity index is 401. The normalized spacial score (nSPS) is 12.1. The van der Waals surface area contributed by atoms with E-state index in [9.17, 15) is 9.59 Å². The summed E-state index contributed by atoms with van der Waals surface area (Å²) in [6.07, 6.45) is 1.32. The van der Waals surface area contributed by atoms with Crippen molar-refractivity contribution in [1.82, 2.24) is 10.3 Å². The van der Waals surface area contributed by atoms with Crippen LogP contribution in [0.4, 0.5) is 0 Å². The van der Waals surface area contributed by atoms with Crippen molar-refractivity contribution in [3.63, 3.8) is 0 Å². The monoisotopic (exact) mass is 242 g/mol. The average molecular weight is 242 g/mol. The van der Waals surface area contributed by atoms with Crippen LogP contribution in [0.3, 0.4) is 0 Å². The van der Waals surface area contributed by atoms with Gasteiger partial charge in [0.2, 0.25) is 5.76 Å². The van der Waals surface area contributed by atoms with E-state index < -0.39 is 17.9 Å². The van der Waals surface area contributed by atoms with Crippen LogP contribution in [0, 0.1) is 6.92 Å². The molecular formula is C10H14N2O5. The number of aromatic nitrogens is 1. The van der Waals surface area contributed by atoms with Gasteiger partial charge in [-0.05, 0) is 6.92 Å². The standard InChI is InChI=1S/C10H14N2O5/c1-6-8(17-5-11-6)9(13)12-7(10(14)15)3-4-16-2/h5,7H,3-4H2,1-2H3,(H,12,13)(H,14,15). The molecule has 1 amide bonds. The molecule has 0 saturated carbocycles. The number of carbonyl (C=O) groups excluding carboxylic acids is 1. The summed E-state index contributed by atoms with van der Waals surface area (Å²) in [6, 6.07) is -1.01. The van der Waals surface area contributed by atoms with Crippen LogP contribution in [0.1, 0.15) is 22.7 Å². The van der Waals surface area contributed by atoms with Gasteiger partial charge in [-0.2, -0.15) is 0 Å². The van der Waals surface area contributed by atoms with Gasteiger partial charge in [0.25, 0.3) is 5.91 Å². The van der Waals surface area contributed by atoms with E-state index in [1.165, 1.54) is 7.11 Å². The summed E-state index contributed by atoms with van der Waals surface area (Å²) in [7, 11) is 1.46. The second-order valence-electron chi connectivity index (χ2n) is 3.41. The number of methoxy groups -OCH3 is 1. The number of aryl methyl sites for hydroxylation is 1. The first-order chi connectivity index (χ1) is 8.06. The van der Waals surface area contributed by atoms with Gasteiger partial charge in [0.15, 0.2) is 6.39 Å². The molecule has 7 heteroatoms. The number of oxazole rings is 1. The van der Waals surface area contributed by atoms with Crippen LogP contribution < -0.4 is 5.32 Å². The molecule has 0 bridgehead atoms. The van der Waals surface area contributed by atoms with Crippen LogP contribution in [0.25, 0.3) is 0 Å². The number of aliphatic carboxylic acids is 1. The number of hydrogen-bond acceptors (Lipinski definition) is 5. The summed E-state index contributed by atoms with van der Waals surface area (Å²) >= 11 is 0. The van der Waals surface area contributed by atoms with Gasteiger partial charge >= 0.3 is 5.97 Å². The fourth-order valence-electron chi connectivity index (χ4n) is 1.24. The maximum atomic E-state index is 11.7. The minimum Gasteiger partial charge on any atom is -0.480 e. The molecule has 0 radical (unpaired) electrons. The Kier molecular flexibility index (Phi) is 4.65. The minimum atomic E-state index is -1.12. The van der Waals surface area contributed by atoms with Gasteiger partial charge in [-0.1, -0.05) is 0 Å². The smallest absolute Gasteiger partial charge is 0.326 e. The van der Waals surface area contributed by atoms with Crippen molar-refractivity contribution in [3.8, 4) is 0 Å². The second-order valence-corrected chi connectivity index (χ2v) is 3.41. The lowest BCUT2D eigenvalue weighted by Gasteiger charge is -2.12. The molecule has 7 nitrogen and oxygen atoms in total. The van der Waals surface area contributed by atoms with E-state index in [1.54, 1.807) is 6.92 Å². The molecule has 0 spiro atoms. The van der Waals surface area contributed by atoms with Crippen molar-refractivity contribution >= 4 is 11.9 Å². The third-order valence-corrected chi connectivity index (χ3v) is 2.17. The second kappa shape index (κ2) is 6.00. The Morgan fingerprint density at radius 3 is 2.82 bits per heavy atom. The maximum absolute atomic E-state index is 11.7. The summed E-state index contributed by atoms with van der Waals surface area (Å²) in [5, 5.41) is 11.2. The molecule has 0 aliphatic heterocycles. The number of nitrogens with zero attached hydrogens (tertiary/aromatic N) is 1. The molecule has 2 N–H and O–H groups in total. The summed E-state index contributed by atoms with van der Waals surface area (Å²) in [5.41, 5.74) is 0.415. The predicted octanol–water partition coefficient (Wildman–Crippen LogP) is 0.203. The Labute approximate surface area is 97.8 Å². The van der Waals surface area contributed by atoms with Crippen molar-refractivity contribution in [3.05, 3.63) is 17.8 Å². The van der Waals surface area contributed by atoms with Gasteiger partial charge in [-0.3, -0.25) is 4.79 Å². The van der Waals surface area contributed by atoms with Crippen LogP contribution >= 0.6 is 0 Å². The summed E-state index contributed by atoms with van der Waals surface area (Å²) in [6.45, 7) is 1.84. The zero-order valence-corrected chi connectivity index (χ0v) is 9.60. The van der Waals surface area contributed by atoms with Gasteiger partial charge in [0, 0.05) is 20.1 Å². The van der Waals surface area contributed by atoms with E-state index >= 15 is 0 Å². The fourth-order valence-corrected chi connectivity index (χ4v) is 1.24. The Balaban J connectivity index is 2.64. The first-order valence-electron chi connectivity index (χ1n) is 4.99. The highest BCUT2D eigenvalue weighted by molar-refractivity contribution is 5.94. The molecule has 1 aromatic heterocycles. The van der Waals surface area contributed by atoms with Gasteiger partial charge in [-0.25, -0.2) is 9.78 Å². The van der Waals surface area contributed by atoms with E-state index in [1.807, 2.05) is 0 Å². The van der Waals surface area contributed by atoms with Crippen molar-refractivity contribution in [2.75, 3.05) is 13.7 Å². The number of carbonyl (C=O) groups is 2. The third kappa shape index (κ3) is 3.56. The SMILES string of the molecule is COCCC(NC(=O)c1ocnc1C)C(=O)O. The average Bonchev–Trinajstić information content (AvgIpc) is 2.70. The van der Waals surface area contributed by atoms with Crippen LogP contribution in [0.5, 0.6) is 0 Å². The van der Waals surface area contributed by atoms with E-state index in [0.29, 0.717) is 5.69 Å². The number of rotatable bonds is 6. The Hall–Kier alpha value is -1.89. The molecule has 0 aliphatic rings. The molecule has 1 heterocycles. The minimum absolute atomic E-state index is 0.0219. The number of nitrogens with one attached hydrogen (secondary N) is 1. The molecule has 0 aromatic carbocycles. The molecule has 1 rings (SSSR count). The maximum Gasteiger partial charge on any atom is 0.326 e. The zero-order chi connectivity index (χ0) is 12.8. The number of carboxylic acid groups (broad SMARTS) is 1. The topological polar surface area (TPSA) is 102 Å². The number of hydrogen-bond donors (Lipinski definition) is 2. The first-order valence-corrected chi connectivity index (χ1v) is 4.99. The van der Waals surface area contributed by atoms with Crippen molar-refractivity contribution in [2.45, 2.75) is 19.4 Å². The van der Waals surface area contributed by atoms with Crippen LogP contribution in [0.15, 0.2) is 10.8 Å². The molecule has 1 atom stereocenters. The highest BCUT2D eigenvalue weighted by Crippen LogP contribution is 2.05. The molecule has 17 heavy (non-hydrogen) atoms. The molecule has 0 fully saturated rings. The molecule has 1 unspecified atom stereocenters. The van der Waals surface area contributed by atoms with Crippen LogP contribution in [-0.2, 0) is 9.53 Å². The lowest BCUT2D eigenvalue weighted by Crippen LogP contribution is -2.41. The Morgan fingerprint density at radius 2 is 2.35 bits per heavy atom. The van der Waals surface area contributed by atoms with E-state index in [2.05, 4.69) is 10.3 Å². The van der Waals surface area contributed by atoms with Gasteiger partial charge in [-0.15, -0.1) is 0 Å². The Morgan fingerprint density at radius 1 is 1.65 bits per heavy atom. The molecule has 0 saturated heterocycles. The predicted molar refractivity (Wildman–Crippen MR) is 56.6 cm³/mol. The third-order valence-electron chi connectivity index (χ3n) is 2.17. The van der Waals surface area contributed by atoms with E-state index in [-0.39, 0.29) is 18.8 Å². The van der Waals surface area contributed by atoms with Crippen molar-refractivity contribution < 1.29 is 23.8 Å². The highest BCUT2D eigenvalue weighted by Gasteiger charge is 2.23. The lowest BCUT2D eigenvalue weighted by molar-refractivity contribution is -0.139. The number of amides is 1. The molecule has 94 valence electrons. The van der Waals surface area contributed by atoms with E-state index in [4.69, 9.17) is 14.3 Å². The van der Waals surface area contributed by atoms with Crippen molar-refractivity contribution in [1.29, 1.82) is 0 Å². The highest BCUT2D eigenvalue weighted by atomic mass is 16.5. The van der Waals surface area contributed by atoms with E-state index in [0.717, 1.165) is 6.39 Å². The summed E-state index contributed by atoms with van der Waals surface area (Å²) in [4.78, 5) is 26.3. The largest absolute Gasteiger partial charge is 0.480 e. The quantitative estimate of drug-likeness (QED) is 0.739. The summed E-state index contributed by atoms with van der Waals surface area (Å²) < 4.78 is 9.63.